The first-order valence-electron chi connectivity index (χ1n) is 9.88. The quantitative estimate of drug-likeness (QED) is 0.704. The van der Waals surface area contributed by atoms with Crippen molar-refractivity contribution in [1.29, 1.82) is 0 Å². The number of benzene rings is 1. The first kappa shape index (κ1) is 20.2. The van der Waals surface area contributed by atoms with Gasteiger partial charge in [-0.2, -0.15) is 0 Å². The molecule has 0 spiro atoms. The molecular weight excluding hydrogens is 408 g/mol. The van der Waals surface area contributed by atoms with Gasteiger partial charge in [-0.3, -0.25) is 9.59 Å². The molecule has 0 unspecified atom stereocenters. The fourth-order valence-electron chi connectivity index (χ4n) is 4.20. The molecular formula is C21H29BrN2O3. The van der Waals surface area contributed by atoms with E-state index in [1.165, 1.54) is 25.7 Å². The molecule has 3 rings (SSSR count). The van der Waals surface area contributed by atoms with Crippen LogP contribution in [-0.2, 0) is 16.1 Å². The van der Waals surface area contributed by atoms with Crippen LogP contribution in [0.15, 0.2) is 22.7 Å². The van der Waals surface area contributed by atoms with Crippen molar-refractivity contribution in [3.8, 4) is 5.75 Å². The van der Waals surface area contributed by atoms with Crippen LogP contribution in [0.5, 0.6) is 5.75 Å². The smallest absolute Gasteiger partial charge is 0.245 e. The summed E-state index contributed by atoms with van der Waals surface area (Å²) in [6, 6.07) is 5.97. The normalized spacial score (nSPS) is 24.0. The van der Waals surface area contributed by atoms with Crippen LogP contribution >= 0.6 is 15.9 Å². The van der Waals surface area contributed by atoms with Gasteiger partial charge in [-0.05, 0) is 44.4 Å². The van der Waals surface area contributed by atoms with E-state index < -0.39 is 5.54 Å². The second-order valence-corrected chi connectivity index (χ2v) is 8.79. The minimum Gasteiger partial charge on any atom is -0.496 e. The molecule has 148 valence electrons. The van der Waals surface area contributed by atoms with Crippen molar-refractivity contribution in [3.63, 3.8) is 0 Å². The summed E-state index contributed by atoms with van der Waals surface area (Å²) in [5, 5.41) is 3.24. The van der Waals surface area contributed by atoms with E-state index in [2.05, 4.69) is 21.2 Å². The Kier molecular flexibility index (Phi) is 6.45. The van der Waals surface area contributed by atoms with Crippen LogP contribution in [0.3, 0.4) is 0 Å². The van der Waals surface area contributed by atoms with E-state index in [1.54, 1.807) is 12.0 Å². The average Bonchev–Trinajstić information content (AvgIpc) is 2.82. The largest absolute Gasteiger partial charge is 0.496 e. The van der Waals surface area contributed by atoms with Gasteiger partial charge >= 0.3 is 0 Å². The number of methoxy groups -OCH3 is 1. The Hall–Kier alpha value is -1.56. The van der Waals surface area contributed by atoms with Crippen molar-refractivity contribution in [2.45, 2.75) is 76.4 Å². The van der Waals surface area contributed by atoms with Gasteiger partial charge in [-0.1, -0.05) is 41.6 Å². The summed E-state index contributed by atoms with van der Waals surface area (Å²) in [7, 11) is 1.62. The number of hydrogen-bond donors (Lipinski definition) is 1. The third kappa shape index (κ3) is 4.48. The van der Waals surface area contributed by atoms with E-state index in [-0.39, 0.29) is 17.9 Å². The molecule has 1 aromatic rings. The van der Waals surface area contributed by atoms with Crippen LogP contribution in [0.2, 0.25) is 0 Å². The topological polar surface area (TPSA) is 58.6 Å². The van der Waals surface area contributed by atoms with E-state index >= 15 is 0 Å². The Labute approximate surface area is 170 Å². The maximum Gasteiger partial charge on any atom is 0.245 e. The zero-order chi connectivity index (χ0) is 19.4. The third-order valence-corrected chi connectivity index (χ3v) is 6.47. The zero-order valence-corrected chi connectivity index (χ0v) is 17.8. The Morgan fingerprint density at radius 2 is 2.00 bits per heavy atom. The molecule has 5 nitrogen and oxygen atoms in total. The SMILES string of the molecule is COc1ccc(Br)cc1CN1C(=O)CC[C@@]1(C)C(=O)NC1CCCCCC1. The molecule has 1 heterocycles. The van der Waals surface area contributed by atoms with Crippen molar-refractivity contribution < 1.29 is 14.3 Å². The molecule has 27 heavy (non-hydrogen) atoms. The predicted octanol–water partition coefficient (Wildman–Crippen LogP) is 4.18. The van der Waals surface area contributed by atoms with Gasteiger partial charge in [0, 0.05) is 22.5 Å². The van der Waals surface area contributed by atoms with Gasteiger partial charge in [0.25, 0.3) is 0 Å². The third-order valence-electron chi connectivity index (χ3n) is 5.97. The number of rotatable bonds is 5. The van der Waals surface area contributed by atoms with E-state index in [1.807, 2.05) is 25.1 Å². The molecule has 0 bridgehead atoms. The van der Waals surface area contributed by atoms with Crippen LogP contribution < -0.4 is 10.1 Å². The highest BCUT2D eigenvalue weighted by Gasteiger charge is 2.47. The molecule has 2 fully saturated rings. The Balaban J connectivity index is 1.78. The minimum absolute atomic E-state index is 0.0192. The standard InChI is InChI=1S/C21H29BrN2O3/c1-21(20(26)23-17-7-5-3-4-6-8-17)12-11-19(25)24(21)14-15-13-16(22)9-10-18(15)27-2/h9-10,13,17H,3-8,11-12,14H2,1-2H3,(H,23,26)/t21-/m0/s1. The minimum atomic E-state index is -0.809. The first-order chi connectivity index (χ1) is 12.9. The number of hydrogen-bond acceptors (Lipinski definition) is 3. The van der Waals surface area contributed by atoms with E-state index in [0.717, 1.165) is 28.6 Å². The van der Waals surface area contributed by atoms with Crippen LogP contribution in [0.25, 0.3) is 0 Å². The Morgan fingerprint density at radius 1 is 1.30 bits per heavy atom. The molecule has 1 N–H and O–H groups in total. The molecule has 1 atom stereocenters. The van der Waals surface area contributed by atoms with Crippen molar-refractivity contribution in [1.82, 2.24) is 10.2 Å². The summed E-state index contributed by atoms with van der Waals surface area (Å²) in [5.41, 5.74) is 0.0899. The van der Waals surface area contributed by atoms with Crippen molar-refractivity contribution in [2.24, 2.45) is 0 Å². The lowest BCUT2D eigenvalue weighted by Gasteiger charge is -2.35. The molecule has 0 aromatic heterocycles. The maximum absolute atomic E-state index is 13.2. The zero-order valence-electron chi connectivity index (χ0n) is 16.2. The lowest BCUT2D eigenvalue weighted by Crippen LogP contribution is -2.56. The molecule has 1 saturated carbocycles. The van der Waals surface area contributed by atoms with Crippen LogP contribution in [0.4, 0.5) is 0 Å². The molecule has 2 amide bonds. The van der Waals surface area contributed by atoms with Gasteiger partial charge in [-0.15, -0.1) is 0 Å². The molecule has 6 heteroatoms. The number of likely N-dealkylation sites (tertiary alicyclic amines) is 1. The summed E-state index contributed by atoms with van der Waals surface area (Å²) in [6.45, 7) is 2.27. The fourth-order valence-corrected chi connectivity index (χ4v) is 4.61. The molecule has 1 aliphatic carbocycles. The second-order valence-electron chi connectivity index (χ2n) is 7.87. The second kappa shape index (κ2) is 8.63. The van der Waals surface area contributed by atoms with Gasteiger partial charge in [0.2, 0.25) is 11.8 Å². The predicted molar refractivity (Wildman–Crippen MR) is 109 cm³/mol. The highest BCUT2D eigenvalue weighted by molar-refractivity contribution is 9.10. The number of nitrogens with one attached hydrogen (secondary N) is 1. The van der Waals surface area contributed by atoms with Crippen LogP contribution in [-0.4, -0.2) is 35.4 Å². The Morgan fingerprint density at radius 3 is 2.67 bits per heavy atom. The van der Waals surface area contributed by atoms with E-state index in [9.17, 15) is 9.59 Å². The van der Waals surface area contributed by atoms with Gasteiger partial charge in [0.15, 0.2) is 0 Å². The van der Waals surface area contributed by atoms with Crippen LogP contribution in [0, 0.1) is 0 Å². The summed E-state index contributed by atoms with van der Waals surface area (Å²) < 4.78 is 6.38. The Bertz CT molecular complexity index is 701. The van der Waals surface area contributed by atoms with Gasteiger partial charge < -0.3 is 15.0 Å². The summed E-state index contributed by atoms with van der Waals surface area (Å²) in [5.74, 6) is 0.731. The average molecular weight is 437 g/mol. The van der Waals surface area contributed by atoms with Gasteiger partial charge in [0.1, 0.15) is 11.3 Å². The number of amides is 2. The maximum atomic E-state index is 13.2. The van der Waals surface area contributed by atoms with Crippen molar-refractivity contribution in [3.05, 3.63) is 28.2 Å². The molecule has 1 saturated heterocycles. The highest BCUT2D eigenvalue weighted by Crippen LogP contribution is 2.35. The number of halogens is 1. The van der Waals surface area contributed by atoms with Gasteiger partial charge in [-0.25, -0.2) is 0 Å². The lowest BCUT2D eigenvalue weighted by atomic mass is 9.95. The summed E-state index contributed by atoms with van der Waals surface area (Å²) in [6.07, 6.45) is 7.86. The number of ether oxygens (including phenoxy) is 1. The molecule has 0 radical (unpaired) electrons. The molecule has 1 aromatic carbocycles. The number of carbonyl (C=O) groups is 2. The summed E-state index contributed by atoms with van der Waals surface area (Å²) in [4.78, 5) is 27.5. The van der Waals surface area contributed by atoms with Crippen molar-refractivity contribution >= 4 is 27.7 Å². The van der Waals surface area contributed by atoms with E-state index in [0.29, 0.717) is 19.4 Å². The first-order valence-corrected chi connectivity index (χ1v) is 10.7. The van der Waals surface area contributed by atoms with Gasteiger partial charge in [0.05, 0.1) is 13.7 Å². The molecule has 2 aliphatic rings. The number of carbonyl (C=O) groups excluding carboxylic acids is 2. The highest BCUT2D eigenvalue weighted by atomic mass is 79.9. The monoisotopic (exact) mass is 436 g/mol. The fraction of sp³-hybridized carbons (Fsp3) is 0.619. The molecule has 1 aliphatic heterocycles. The van der Waals surface area contributed by atoms with Crippen LogP contribution in [0.1, 0.15) is 63.9 Å². The van der Waals surface area contributed by atoms with E-state index in [4.69, 9.17) is 4.74 Å². The lowest BCUT2D eigenvalue weighted by molar-refractivity contribution is -0.141. The summed E-state index contributed by atoms with van der Waals surface area (Å²) >= 11 is 3.48. The van der Waals surface area contributed by atoms with Crippen molar-refractivity contribution in [2.75, 3.05) is 7.11 Å². The number of nitrogens with zero attached hydrogens (tertiary/aromatic N) is 1.